The highest BCUT2D eigenvalue weighted by atomic mass is 35.5. The lowest BCUT2D eigenvalue weighted by molar-refractivity contribution is -0.119. The molecule has 5 aromatic rings. The zero-order valence-electron chi connectivity index (χ0n) is 23.2. The zero-order chi connectivity index (χ0) is 30.2. The third-order valence-electron chi connectivity index (χ3n) is 7.61. The molecule has 4 aromatic heterocycles. The molecule has 0 saturated heterocycles. The fraction of sp³-hybridized carbons (Fsp3) is 0.233. The highest BCUT2D eigenvalue weighted by Gasteiger charge is 2.25. The standard InChI is InChI=1S/C30H25ClFN9O2/c1-17-4-3-5-24(21-10-19(8-9-34-21)29-23(38-30(17)43)14-36-39(29)2)40-16-35-22(11-26(40)42)27-25(7-6-20(31)28(27)32)41-15-18(12-33)13-37-41/h6-11,13-17,24H,3-5H2,1-2H3,(H,38,43)/t17-,24+/m1/s1. The van der Waals surface area contributed by atoms with Crippen LogP contribution in [0.5, 0.6) is 0 Å². The maximum atomic E-state index is 15.5. The molecule has 6 rings (SSSR count). The van der Waals surface area contributed by atoms with Crippen molar-refractivity contribution in [2.24, 2.45) is 13.0 Å². The summed E-state index contributed by atoms with van der Waals surface area (Å²) in [6.07, 6.45) is 9.18. The summed E-state index contributed by atoms with van der Waals surface area (Å²) in [6, 6.07) is 9.36. The van der Waals surface area contributed by atoms with Gasteiger partial charge < -0.3 is 5.32 Å². The smallest absolute Gasteiger partial charge is 0.254 e. The maximum absolute atomic E-state index is 15.5. The number of nitriles is 1. The number of hydrogen-bond acceptors (Lipinski definition) is 7. The number of anilines is 1. The topological polar surface area (TPSA) is 136 Å². The Kier molecular flexibility index (Phi) is 7.33. The van der Waals surface area contributed by atoms with Gasteiger partial charge in [-0.1, -0.05) is 24.9 Å². The van der Waals surface area contributed by atoms with Crippen molar-refractivity contribution in [3.05, 3.63) is 93.9 Å². The summed E-state index contributed by atoms with van der Waals surface area (Å²) < 4.78 is 20.0. The lowest BCUT2D eigenvalue weighted by atomic mass is 9.97. The molecule has 1 N–H and O–H groups in total. The predicted molar refractivity (Wildman–Crippen MR) is 157 cm³/mol. The molecular weight excluding hydrogens is 573 g/mol. The highest BCUT2D eigenvalue weighted by molar-refractivity contribution is 6.31. The van der Waals surface area contributed by atoms with Gasteiger partial charge in [-0.2, -0.15) is 15.5 Å². The molecule has 2 atom stereocenters. The molecule has 1 aliphatic rings. The van der Waals surface area contributed by atoms with Crippen molar-refractivity contribution in [3.8, 4) is 34.3 Å². The molecule has 1 aliphatic heterocycles. The van der Waals surface area contributed by atoms with Gasteiger partial charge in [-0.25, -0.2) is 14.1 Å². The van der Waals surface area contributed by atoms with Crippen LogP contribution < -0.4 is 10.9 Å². The predicted octanol–water partition coefficient (Wildman–Crippen LogP) is 4.90. The van der Waals surface area contributed by atoms with Crippen LogP contribution in [0, 0.1) is 23.1 Å². The summed E-state index contributed by atoms with van der Waals surface area (Å²) >= 11 is 6.12. The van der Waals surface area contributed by atoms with Crippen molar-refractivity contribution in [1.29, 1.82) is 5.26 Å². The number of aromatic nitrogens is 7. The normalized spacial score (nSPS) is 16.9. The Labute approximate surface area is 250 Å². The molecule has 43 heavy (non-hydrogen) atoms. The third-order valence-corrected chi connectivity index (χ3v) is 7.91. The van der Waals surface area contributed by atoms with Crippen molar-refractivity contribution >= 4 is 23.2 Å². The Morgan fingerprint density at radius 1 is 1.12 bits per heavy atom. The molecule has 0 saturated carbocycles. The van der Waals surface area contributed by atoms with Gasteiger partial charge >= 0.3 is 0 Å². The van der Waals surface area contributed by atoms with Crippen LogP contribution in [0.3, 0.4) is 0 Å². The van der Waals surface area contributed by atoms with Gasteiger partial charge in [0.2, 0.25) is 5.91 Å². The molecule has 0 unspecified atom stereocenters. The van der Waals surface area contributed by atoms with Crippen molar-refractivity contribution < 1.29 is 9.18 Å². The van der Waals surface area contributed by atoms with Crippen LogP contribution in [-0.2, 0) is 11.8 Å². The van der Waals surface area contributed by atoms with E-state index in [1.54, 1.807) is 30.2 Å². The summed E-state index contributed by atoms with van der Waals surface area (Å²) in [5.74, 6) is -1.15. The third kappa shape index (κ3) is 5.19. The van der Waals surface area contributed by atoms with Crippen LogP contribution in [0.4, 0.5) is 10.1 Å². The second-order valence-electron chi connectivity index (χ2n) is 10.4. The monoisotopic (exact) mass is 597 g/mol. The van der Waals surface area contributed by atoms with Gasteiger partial charge in [0.25, 0.3) is 5.56 Å². The van der Waals surface area contributed by atoms with Gasteiger partial charge in [-0.3, -0.25) is 23.8 Å². The lowest BCUT2D eigenvalue weighted by Gasteiger charge is -2.22. The van der Waals surface area contributed by atoms with E-state index in [1.165, 1.54) is 40.1 Å². The Morgan fingerprint density at radius 3 is 2.72 bits per heavy atom. The van der Waals surface area contributed by atoms with Crippen LogP contribution >= 0.6 is 11.6 Å². The summed E-state index contributed by atoms with van der Waals surface area (Å²) in [6.45, 7) is 1.86. The zero-order valence-corrected chi connectivity index (χ0v) is 24.0. The van der Waals surface area contributed by atoms with E-state index in [-0.39, 0.29) is 39.4 Å². The van der Waals surface area contributed by atoms with Crippen LogP contribution in [-0.4, -0.2) is 40.0 Å². The number of pyridine rings is 1. The molecule has 0 radical (unpaired) electrons. The summed E-state index contributed by atoms with van der Waals surface area (Å²) in [4.78, 5) is 35.7. The van der Waals surface area contributed by atoms with E-state index in [9.17, 15) is 14.9 Å². The molecule has 2 bridgehead atoms. The fourth-order valence-corrected chi connectivity index (χ4v) is 5.51. The largest absolute Gasteiger partial charge is 0.323 e. The molecule has 13 heteroatoms. The number of fused-ring (bicyclic) bond motifs is 4. The van der Waals surface area contributed by atoms with Gasteiger partial charge in [-0.15, -0.1) is 0 Å². The lowest BCUT2D eigenvalue weighted by Crippen LogP contribution is -2.27. The van der Waals surface area contributed by atoms with Gasteiger partial charge in [0.1, 0.15) is 6.07 Å². The molecular formula is C30H25ClFN9O2. The number of carbonyl (C=O) groups excluding carboxylic acids is 1. The number of carbonyl (C=O) groups is 1. The van der Waals surface area contributed by atoms with Crippen molar-refractivity contribution in [2.75, 3.05) is 5.32 Å². The molecule has 1 aromatic carbocycles. The quantitative estimate of drug-likeness (QED) is 0.312. The molecule has 216 valence electrons. The maximum Gasteiger partial charge on any atom is 0.254 e. The number of nitrogens with zero attached hydrogens (tertiary/aromatic N) is 8. The Morgan fingerprint density at radius 2 is 1.95 bits per heavy atom. The van der Waals surface area contributed by atoms with Crippen LogP contribution in [0.1, 0.15) is 43.5 Å². The van der Waals surface area contributed by atoms with Gasteiger partial charge in [-0.05, 0) is 37.1 Å². The first kappa shape index (κ1) is 28.0. The first-order valence-corrected chi connectivity index (χ1v) is 13.9. The van der Waals surface area contributed by atoms with E-state index in [1.807, 2.05) is 25.1 Å². The Hall–Kier alpha value is -5.15. The average molecular weight is 598 g/mol. The van der Waals surface area contributed by atoms with E-state index < -0.39 is 17.4 Å². The molecule has 11 nitrogen and oxygen atoms in total. The number of nitrogens with one attached hydrogen (secondary N) is 1. The first-order chi connectivity index (χ1) is 20.7. The van der Waals surface area contributed by atoms with Gasteiger partial charge in [0.15, 0.2) is 5.82 Å². The molecule has 0 aliphatic carbocycles. The molecule has 0 spiro atoms. The van der Waals surface area contributed by atoms with E-state index >= 15 is 4.39 Å². The number of halogens is 2. The summed E-state index contributed by atoms with van der Waals surface area (Å²) in [7, 11) is 1.79. The van der Waals surface area contributed by atoms with Crippen molar-refractivity contribution in [2.45, 2.75) is 32.2 Å². The number of rotatable bonds is 3. The van der Waals surface area contributed by atoms with E-state index in [2.05, 4.69) is 25.5 Å². The number of benzene rings is 1. The molecule has 0 fully saturated rings. The van der Waals surface area contributed by atoms with E-state index in [0.717, 1.165) is 5.56 Å². The molecule has 5 heterocycles. The number of hydrogen-bond donors (Lipinski definition) is 1. The van der Waals surface area contributed by atoms with Crippen LogP contribution in [0.25, 0.3) is 28.2 Å². The minimum absolute atomic E-state index is 0.0215. The SMILES string of the molecule is C[C@@H]1CCC[C@H](n2cnc(-c3c(-n4cc(C#N)cn4)ccc(Cl)c3F)cc2=O)c2cc(ccn2)-c2c(cnn2C)NC1=O. The van der Waals surface area contributed by atoms with Crippen LogP contribution in [0.2, 0.25) is 5.02 Å². The highest BCUT2D eigenvalue weighted by Crippen LogP contribution is 2.34. The average Bonchev–Trinajstić information content (AvgIpc) is 3.63. The molecule has 1 amide bonds. The fourth-order valence-electron chi connectivity index (χ4n) is 5.35. The van der Waals surface area contributed by atoms with Crippen molar-refractivity contribution in [1.82, 2.24) is 34.1 Å². The second kappa shape index (κ2) is 11.3. The Bertz CT molecular complexity index is 1970. The van der Waals surface area contributed by atoms with E-state index in [4.69, 9.17) is 11.6 Å². The first-order valence-electron chi connectivity index (χ1n) is 13.6. The minimum atomic E-state index is -0.766. The summed E-state index contributed by atoms with van der Waals surface area (Å²) in [5, 5.41) is 20.5. The van der Waals surface area contributed by atoms with E-state index in [0.29, 0.717) is 36.3 Å². The Balaban J connectivity index is 1.45. The van der Waals surface area contributed by atoms with Gasteiger partial charge in [0, 0.05) is 37.0 Å². The van der Waals surface area contributed by atoms with Gasteiger partial charge in [0.05, 0.1) is 69.4 Å². The van der Waals surface area contributed by atoms with Crippen molar-refractivity contribution in [3.63, 3.8) is 0 Å². The number of aryl methyl sites for hydroxylation is 1. The van der Waals surface area contributed by atoms with Crippen LogP contribution in [0.15, 0.2) is 66.2 Å². The summed E-state index contributed by atoms with van der Waals surface area (Å²) in [5.41, 5.74) is 2.89. The number of amides is 1. The minimum Gasteiger partial charge on any atom is -0.323 e. The second-order valence-corrected chi connectivity index (χ2v) is 10.8.